The Balaban J connectivity index is 1.47. The molecule has 3 saturated heterocycles. The number of phenols is 1. The van der Waals surface area contributed by atoms with Crippen LogP contribution in [0.2, 0.25) is 0 Å². The number of benzene rings is 1. The first-order chi connectivity index (χ1) is 20.6. The minimum atomic E-state index is -0.954. The number of rotatable bonds is 7. The smallest absolute Gasteiger partial charge is 0.319 e. The molecule has 0 radical (unpaired) electrons. The first-order valence-electron chi connectivity index (χ1n) is 14.6. The molecule has 8 nitrogen and oxygen atoms in total. The van der Waals surface area contributed by atoms with Gasteiger partial charge in [0.15, 0.2) is 5.82 Å². The highest BCUT2D eigenvalue weighted by atomic mass is 19.1. The summed E-state index contributed by atoms with van der Waals surface area (Å²) >= 11 is 0. The fourth-order valence-corrected chi connectivity index (χ4v) is 6.86. The number of phenolic OH excluding ortho intramolecular Hbond substituents is 1. The molecular weight excluding hydrogens is 552 g/mol. The number of nitrogens with zero attached hydrogens (tertiary/aromatic N) is 5. The first kappa shape index (κ1) is 29.0. The van der Waals surface area contributed by atoms with Crippen LogP contribution in [-0.2, 0) is 0 Å². The number of pyridine rings is 1. The maximum absolute atomic E-state index is 16.6. The molecule has 2 aromatic heterocycles. The van der Waals surface area contributed by atoms with Gasteiger partial charge in [0.05, 0.1) is 16.5 Å². The van der Waals surface area contributed by atoms with Crippen molar-refractivity contribution < 1.29 is 23.7 Å². The van der Waals surface area contributed by atoms with Crippen molar-refractivity contribution in [1.29, 1.82) is 0 Å². The second-order valence-corrected chi connectivity index (χ2v) is 12.1. The highest BCUT2D eigenvalue weighted by Crippen LogP contribution is 2.41. The third-order valence-electron chi connectivity index (χ3n) is 8.81. The molecule has 0 aliphatic carbocycles. The molecule has 10 heteroatoms. The van der Waals surface area contributed by atoms with Crippen LogP contribution in [0.4, 0.5) is 14.6 Å². The lowest BCUT2D eigenvalue weighted by Crippen LogP contribution is -2.46. The van der Waals surface area contributed by atoms with E-state index in [1.165, 1.54) is 18.3 Å². The van der Waals surface area contributed by atoms with Gasteiger partial charge >= 0.3 is 6.01 Å². The number of aromatic hydroxyl groups is 1. The number of aromatic nitrogens is 3. The Morgan fingerprint density at radius 2 is 2.07 bits per heavy atom. The molecule has 3 fully saturated rings. The van der Waals surface area contributed by atoms with Gasteiger partial charge in [-0.15, -0.1) is 6.42 Å². The second-order valence-electron chi connectivity index (χ2n) is 12.1. The minimum Gasteiger partial charge on any atom is -0.508 e. The van der Waals surface area contributed by atoms with Gasteiger partial charge in [-0.05, 0) is 56.8 Å². The molecule has 3 aliphatic heterocycles. The van der Waals surface area contributed by atoms with Crippen molar-refractivity contribution in [1.82, 2.24) is 19.9 Å². The zero-order chi connectivity index (χ0) is 30.4. The number of fused-ring (bicyclic) bond motifs is 2. The maximum atomic E-state index is 16.6. The molecule has 2 N–H and O–H groups in total. The van der Waals surface area contributed by atoms with Gasteiger partial charge in [-0.3, -0.25) is 9.88 Å². The molecule has 0 spiro atoms. The first-order valence-corrected chi connectivity index (χ1v) is 14.6. The van der Waals surface area contributed by atoms with E-state index in [4.69, 9.17) is 16.1 Å². The Labute approximate surface area is 249 Å². The molecule has 43 heavy (non-hydrogen) atoms. The number of ether oxygens (including phenoxy) is 1. The summed E-state index contributed by atoms with van der Waals surface area (Å²) in [6, 6.07) is 2.83. The van der Waals surface area contributed by atoms with E-state index < -0.39 is 23.1 Å². The number of halogens is 2. The van der Waals surface area contributed by atoms with Crippen LogP contribution in [0.3, 0.4) is 0 Å². The molecule has 224 valence electrons. The molecule has 3 aliphatic rings. The van der Waals surface area contributed by atoms with Crippen LogP contribution < -0.4 is 9.64 Å². The number of anilines is 1. The Morgan fingerprint density at radius 1 is 1.26 bits per heavy atom. The number of allylic oxidation sites excluding steroid dienone is 2. The van der Waals surface area contributed by atoms with Crippen LogP contribution in [0.25, 0.3) is 28.2 Å². The molecular formula is C33H35F2N5O3. The van der Waals surface area contributed by atoms with E-state index in [1.807, 2.05) is 4.90 Å². The highest BCUT2D eigenvalue weighted by Gasteiger charge is 2.49. The summed E-state index contributed by atoms with van der Waals surface area (Å²) in [7, 11) is 0. The van der Waals surface area contributed by atoms with E-state index in [9.17, 15) is 14.6 Å². The Hall–Kier alpha value is -4.07. The summed E-state index contributed by atoms with van der Waals surface area (Å²) in [5, 5.41) is 21.7. The van der Waals surface area contributed by atoms with Gasteiger partial charge in [0.2, 0.25) is 0 Å². The van der Waals surface area contributed by atoms with E-state index in [0.29, 0.717) is 54.7 Å². The van der Waals surface area contributed by atoms with E-state index in [0.717, 1.165) is 19.4 Å². The molecule has 0 bridgehead atoms. The fraction of sp³-hybridized carbons (Fsp3) is 0.424. The van der Waals surface area contributed by atoms with Gasteiger partial charge in [-0.2, -0.15) is 9.97 Å². The summed E-state index contributed by atoms with van der Waals surface area (Å²) in [6.07, 6.45) is 14.8. The van der Waals surface area contributed by atoms with Gasteiger partial charge in [0, 0.05) is 43.4 Å². The minimum absolute atomic E-state index is 0.0275. The van der Waals surface area contributed by atoms with Crippen molar-refractivity contribution in [2.45, 2.75) is 56.3 Å². The highest BCUT2D eigenvalue weighted by molar-refractivity contribution is 5.93. The lowest BCUT2D eigenvalue weighted by Gasteiger charge is -2.38. The molecule has 0 unspecified atom stereocenters. The Bertz CT molecular complexity index is 1650. The van der Waals surface area contributed by atoms with Gasteiger partial charge < -0.3 is 19.8 Å². The topological polar surface area (TPSA) is 94.8 Å². The lowest BCUT2D eigenvalue weighted by molar-refractivity contribution is 0.0447. The van der Waals surface area contributed by atoms with E-state index in [-0.39, 0.29) is 41.7 Å². The SMILES string of the molecule is C#Cc1c(/C=C\C=C)cc(O)cc1-c1ncc2c(N3CCC[C@@](C)(O)C3)nc(OC[C@@]34CCCN3C[C@H](F)C4)nc2c1F. The van der Waals surface area contributed by atoms with Crippen LogP contribution in [0, 0.1) is 18.2 Å². The van der Waals surface area contributed by atoms with Gasteiger partial charge in [0.1, 0.15) is 35.6 Å². The normalized spacial score (nSPS) is 25.7. The third kappa shape index (κ3) is 5.43. The van der Waals surface area contributed by atoms with Gasteiger partial charge in [-0.25, -0.2) is 8.78 Å². The number of hydrogen-bond acceptors (Lipinski definition) is 8. The Kier molecular flexibility index (Phi) is 7.57. The number of hydrogen-bond donors (Lipinski definition) is 2. The van der Waals surface area contributed by atoms with Crippen LogP contribution in [0.15, 0.2) is 37.1 Å². The van der Waals surface area contributed by atoms with Crippen LogP contribution >= 0.6 is 0 Å². The predicted octanol–water partition coefficient (Wildman–Crippen LogP) is 5.02. The Morgan fingerprint density at radius 3 is 2.84 bits per heavy atom. The molecule has 3 atom stereocenters. The van der Waals surface area contributed by atoms with Crippen molar-refractivity contribution >= 4 is 22.8 Å². The summed E-state index contributed by atoms with van der Waals surface area (Å²) in [5.41, 5.74) is -0.415. The lowest BCUT2D eigenvalue weighted by atomic mass is 9.95. The summed E-state index contributed by atoms with van der Waals surface area (Å²) in [6.45, 7) is 7.69. The number of β-amino-alcohol motifs (C(OH)–C–C–N with tert-alkyl or cyclic N) is 1. The summed E-state index contributed by atoms with van der Waals surface area (Å²) in [5.74, 6) is 2.14. The van der Waals surface area contributed by atoms with Crippen molar-refractivity contribution in [3.05, 3.63) is 54.0 Å². The molecule has 0 amide bonds. The average molecular weight is 588 g/mol. The van der Waals surface area contributed by atoms with Crippen LogP contribution in [-0.4, -0.2) is 80.2 Å². The fourth-order valence-electron chi connectivity index (χ4n) is 6.86. The monoisotopic (exact) mass is 587 g/mol. The molecule has 6 rings (SSSR count). The maximum Gasteiger partial charge on any atom is 0.319 e. The van der Waals surface area contributed by atoms with Crippen molar-refractivity contribution in [2.75, 3.05) is 37.7 Å². The van der Waals surface area contributed by atoms with Crippen molar-refractivity contribution in [3.63, 3.8) is 0 Å². The third-order valence-corrected chi connectivity index (χ3v) is 8.81. The summed E-state index contributed by atoms with van der Waals surface area (Å²) < 4.78 is 37.1. The predicted molar refractivity (Wildman–Crippen MR) is 162 cm³/mol. The van der Waals surface area contributed by atoms with E-state index in [1.54, 1.807) is 25.2 Å². The summed E-state index contributed by atoms with van der Waals surface area (Å²) in [4.78, 5) is 17.7. The van der Waals surface area contributed by atoms with E-state index >= 15 is 4.39 Å². The molecule has 3 aromatic rings. The number of alkyl halides is 1. The van der Waals surface area contributed by atoms with Crippen LogP contribution in [0.1, 0.15) is 50.2 Å². The average Bonchev–Trinajstić information content (AvgIpc) is 3.49. The molecule has 5 heterocycles. The van der Waals surface area contributed by atoms with Gasteiger partial charge in [0.25, 0.3) is 0 Å². The standard InChI is InChI=1S/C33H35F2N5O3/c1-4-6-9-21-14-23(41)15-25(24(21)5-2)28-27(35)29-26(17-36-28)30(39-12-7-10-32(3,42)19-39)38-31(37-29)43-20-33-11-8-13-40(33)18-22(34)16-33/h2,4,6,9,14-15,17,22,41-42H,1,7-8,10-13,16,18-20H2,3H3/b9-6-/t22-,32-,33+/m1/s1. The largest absolute Gasteiger partial charge is 0.508 e. The number of terminal acetylenes is 1. The van der Waals surface area contributed by atoms with Crippen molar-refractivity contribution in [3.8, 4) is 35.4 Å². The second kappa shape index (κ2) is 11.2. The zero-order valence-corrected chi connectivity index (χ0v) is 24.2. The number of piperidine rings is 1. The van der Waals surface area contributed by atoms with Crippen molar-refractivity contribution in [2.24, 2.45) is 0 Å². The van der Waals surface area contributed by atoms with E-state index in [2.05, 4.69) is 27.4 Å². The number of aliphatic hydroxyl groups is 1. The molecule has 1 aromatic carbocycles. The molecule has 0 saturated carbocycles. The quantitative estimate of drug-likeness (QED) is 0.294. The zero-order valence-electron chi connectivity index (χ0n) is 24.2. The van der Waals surface area contributed by atoms with Crippen LogP contribution in [0.5, 0.6) is 11.8 Å². The van der Waals surface area contributed by atoms with Gasteiger partial charge in [-0.1, -0.05) is 30.7 Å².